The monoisotopic (exact) mass is 494 g/mol. The number of hydrogen-bond donors (Lipinski definition) is 3. The predicted octanol–water partition coefficient (Wildman–Crippen LogP) is 3.34. The van der Waals surface area contributed by atoms with Gasteiger partial charge in [0.25, 0.3) is 5.91 Å². The van der Waals surface area contributed by atoms with Crippen LogP contribution in [0.2, 0.25) is 0 Å². The lowest BCUT2D eigenvalue weighted by Gasteiger charge is -2.38. The highest BCUT2D eigenvalue weighted by Gasteiger charge is 2.39. The Hall–Kier alpha value is -3.46. The van der Waals surface area contributed by atoms with Crippen LogP contribution < -0.4 is 10.6 Å². The molecule has 36 heavy (non-hydrogen) atoms. The molecule has 192 valence electrons. The van der Waals surface area contributed by atoms with Gasteiger partial charge in [0.2, 0.25) is 5.91 Å². The molecule has 3 N–H and O–H groups in total. The molecule has 2 aliphatic carbocycles. The number of hydrogen-bond acceptors (Lipinski definition) is 5. The maximum Gasteiger partial charge on any atom is 0.331 e. The number of aliphatic carboxylic acids is 1. The number of aromatic nitrogens is 2. The highest BCUT2D eigenvalue weighted by molar-refractivity contribution is 5.93. The van der Waals surface area contributed by atoms with Crippen molar-refractivity contribution in [2.75, 3.05) is 0 Å². The van der Waals surface area contributed by atoms with Crippen LogP contribution in [-0.2, 0) is 14.3 Å². The standard InChI is InChI=1S/C27H34N4O5/c1-4-20(5-2)36-24-14-18(27(34)35)13-21(25(24)28-16(3)32)29-26(33)22-15-23(17-11-12-17)31(30-22)19-9-7-6-8-10-19/h6-10,14-15,17,20-21,24-25H,4-5,11-13H2,1-3H3,(H,28,32)(H,29,33)(H,34,35)/t21-,24+,25+/m0/s1. The molecule has 1 heterocycles. The highest BCUT2D eigenvalue weighted by atomic mass is 16.5. The lowest BCUT2D eigenvalue weighted by Crippen LogP contribution is -2.59. The van der Waals surface area contributed by atoms with Gasteiger partial charge >= 0.3 is 5.97 Å². The zero-order valence-electron chi connectivity index (χ0n) is 20.9. The van der Waals surface area contributed by atoms with Gasteiger partial charge in [-0.25, -0.2) is 9.48 Å². The van der Waals surface area contributed by atoms with Gasteiger partial charge in [-0.1, -0.05) is 32.0 Å². The summed E-state index contributed by atoms with van der Waals surface area (Å²) in [6.45, 7) is 5.38. The molecule has 0 bridgehead atoms. The minimum atomic E-state index is -1.07. The Morgan fingerprint density at radius 3 is 2.42 bits per heavy atom. The van der Waals surface area contributed by atoms with Crippen molar-refractivity contribution in [3.8, 4) is 5.69 Å². The normalized spacial score (nSPS) is 21.7. The van der Waals surface area contributed by atoms with E-state index in [1.54, 1.807) is 10.8 Å². The van der Waals surface area contributed by atoms with Crippen molar-refractivity contribution in [2.45, 2.75) is 83.1 Å². The van der Waals surface area contributed by atoms with Crippen LogP contribution in [0.3, 0.4) is 0 Å². The van der Waals surface area contributed by atoms with E-state index in [1.165, 1.54) is 6.92 Å². The molecule has 0 radical (unpaired) electrons. The van der Waals surface area contributed by atoms with E-state index < -0.39 is 30.1 Å². The van der Waals surface area contributed by atoms with Gasteiger partial charge in [-0.2, -0.15) is 5.10 Å². The number of nitrogens with zero attached hydrogens (tertiary/aromatic N) is 2. The summed E-state index contributed by atoms with van der Waals surface area (Å²) in [7, 11) is 0. The quantitative estimate of drug-likeness (QED) is 0.466. The van der Waals surface area contributed by atoms with Crippen molar-refractivity contribution in [2.24, 2.45) is 0 Å². The average molecular weight is 495 g/mol. The fourth-order valence-corrected chi connectivity index (χ4v) is 4.70. The number of amides is 2. The van der Waals surface area contributed by atoms with E-state index in [1.807, 2.05) is 50.2 Å². The summed E-state index contributed by atoms with van der Waals surface area (Å²) in [6, 6.07) is 10.2. The van der Waals surface area contributed by atoms with Crippen molar-refractivity contribution in [3.05, 3.63) is 59.4 Å². The summed E-state index contributed by atoms with van der Waals surface area (Å²) in [5.74, 6) is -1.41. The van der Waals surface area contributed by atoms with E-state index in [4.69, 9.17) is 4.74 Å². The van der Waals surface area contributed by atoms with Gasteiger partial charge in [-0.05, 0) is 50.0 Å². The first-order chi connectivity index (χ1) is 17.3. The molecule has 2 amide bonds. The van der Waals surface area contributed by atoms with Crippen LogP contribution >= 0.6 is 0 Å². The van der Waals surface area contributed by atoms with E-state index in [2.05, 4.69) is 15.7 Å². The summed E-state index contributed by atoms with van der Waals surface area (Å²) < 4.78 is 8.00. The molecule has 0 aliphatic heterocycles. The van der Waals surface area contributed by atoms with E-state index in [-0.39, 0.29) is 29.7 Å². The molecular formula is C27H34N4O5. The Bertz CT molecular complexity index is 1130. The topological polar surface area (TPSA) is 123 Å². The summed E-state index contributed by atoms with van der Waals surface area (Å²) >= 11 is 0. The molecular weight excluding hydrogens is 460 g/mol. The van der Waals surface area contributed by atoms with Gasteiger partial charge < -0.3 is 20.5 Å². The Kier molecular flexibility index (Phi) is 7.88. The molecule has 0 spiro atoms. The predicted molar refractivity (Wildman–Crippen MR) is 134 cm³/mol. The van der Waals surface area contributed by atoms with Crippen LogP contribution in [0, 0.1) is 0 Å². The number of rotatable bonds is 10. The maximum absolute atomic E-state index is 13.4. The number of carboxylic acids is 1. The molecule has 1 fully saturated rings. The van der Waals surface area contributed by atoms with Crippen LogP contribution in [0.1, 0.15) is 75.0 Å². The van der Waals surface area contributed by atoms with E-state index >= 15 is 0 Å². The Labute approximate surface area is 210 Å². The third-order valence-electron chi connectivity index (χ3n) is 6.78. The largest absolute Gasteiger partial charge is 0.478 e. The zero-order valence-corrected chi connectivity index (χ0v) is 20.9. The van der Waals surface area contributed by atoms with Crippen molar-refractivity contribution in [3.63, 3.8) is 0 Å². The van der Waals surface area contributed by atoms with Crippen LogP contribution in [0.5, 0.6) is 0 Å². The van der Waals surface area contributed by atoms with E-state index in [0.29, 0.717) is 5.92 Å². The minimum Gasteiger partial charge on any atom is -0.478 e. The van der Waals surface area contributed by atoms with Crippen molar-refractivity contribution < 1.29 is 24.2 Å². The van der Waals surface area contributed by atoms with Gasteiger partial charge in [0.05, 0.1) is 30.0 Å². The lowest BCUT2D eigenvalue weighted by molar-refractivity contribution is -0.133. The Balaban J connectivity index is 1.62. The minimum absolute atomic E-state index is 0.0592. The number of ether oxygens (including phenoxy) is 1. The molecule has 0 unspecified atom stereocenters. The van der Waals surface area contributed by atoms with Crippen LogP contribution in [-0.4, -0.2) is 57.0 Å². The lowest BCUT2D eigenvalue weighted by atomic mass is 9.87. The first-order valence-corrected chi connectivity index (χ1v) is 12.6. The van der Waals surface area contributed by atoms with Gasteiger partial charge in [0, 0.05) is 30.5 Å². The summed E-state index contributed by atoms with van der Waals surface area (Å²) in [4.78, 5) is 37.4. The average Bonchev–Trinajstić information content (AvgIpc) is 3.61. The first-order valence-electron chi connectivity index (χ1n) is 12.6. The Morgan fingerprint density at radius 2 is 1.83 bits per heavy atom. The second-order valence-corrected chi connectivity index (χ2v) is 9.52. The van der Waals surface area contributed by atoms with E-state index in [0.717, 1.165) is 37.1 Å². The van der Waals surface area contributed by atoms with Gasteiger partial charge in [-0.15, -0.1) is 0 Å². The first kappa shape index (κ1) is 25.6. The summed E-state index contributed by atoms with van der Waals surface area (Å²) in [6.07, 6.45) is 4.41. The molecule has 1 saturated carbocycles. The number of nitrogens with one attached hydrogen (secondary N) is 2. The number of carboxylic acid groups (broad SMARTS) is 1. The second kappa shape index (κ2) is 11.1. The molecule has 1 aromatic carbocycles. The third-order valence-corrected chi connectivity index (χ3v) is 6.78. The molecule has 0 saturated heterocycles. The van der Waals surface area contributed by atoms with Crippen LogP contribution in [0.4, 0.5) is 0 Å². The Morgan fingerprint density at radius 1 is 1.14 bits per heavy atom. The van der Waals surface area contributed by atoms with Crippen molar-refractivity contribution in [1.29, 1.82) is 0 Å². The van der Waals surface area contributed by atoms with E-state index in [9.17, 15) is 19.5 Å². The fraction of sp³-hybridized carbons (Fsp3) is 0.481. The van der Waals surface area contributed by atoms with Crippen molar-refractivity contribution >= 4 is 17.8 Å². The molecule has 1 aromatic heterocycles. The second-order valence-electron chi connectivity index (χ2n) is 9.52. The highest BCUT2D eigenvalue weighted by Crippen LogP contribution is 2.41. The fourth-order valence-electron chi connectivity index (χ4n) is 4.70. The van der Waals surface area contributed by atoms with Gasteiger partial charge in [-0.3, -0.25) is 9.59 Å². The summed E-state index contributed by atoms with van der Waals surface area (Å²) in [5.41, 5.74) is 2.26. The smallest absolute Gasteiger partial charge is 0.331 e. The number of carbonyl (C=O) groups excluding carboxylic acids is 2. The zero-order chi connectivity index (χ0) is 25.8. The summed E-state index contributed by atoms with van der Waals surface area (Å²) in [5, 5.41) is 20.2. The number of para-hydroxylation sites is 1. The van der Waals surface area contributed by atoms with Crippen LogP contribution in [0.15, 0.2) is 48.0 Å². The molecule has 9 heteroatoms. The number of benzene rings is 1. The molecule has 2 aliphatic rings. The molecule has 2 aromatic rings. The number of carbonyl (C=O) groups is 3. The third kappa shape index (κ3) is 5.84. The van der Waals surface area contributed by atoms with Gasteiger partial charge in [0.15, 0.2) is 5.69 Å². The maximum atomic E-state index is 13.4. The van der Waals surface area contributed by atoms with Crippen molar-refractivity contribution in [1.82, 2.24) is 20.4 Å². The molecule has 9 nitrogen and oxygen atoms in total. The molecule has 3 atom stereocenters. The van der Waals surface area contributed by atoms with Crippen LogP contribution in [0.25, 0.3) is 5.69 Å². The SMILES string of the molecule is CCC(CC)O[C@@H]1C=C(C(=O)O)C[C@H](NC(=O)c2cc(C3CC3)n(-c3ccccc3)n2)[C@H]1NC(C)=O. The van der Waals surface area contributed by atoms with Gasteiger partial charge in [0.1, 0.15) is 0 Å². The molecule has 4 rings (SSSR count).